The standard InChI is InChI=1S/C16H21N5OS/c1-11(15(22)19-12-2-3-12)20-5-7-21(8-6-20)14-13-4-9-23-16(13)18-10-17-14/h4,9-12H,2-3,5-8H2,1H3,(H,19,22)/t11-/m1/s1. The molecule has 1 amide bonds. The van der Waals surface area contributed by atoms with E-state index in [-0.39, 0.29) is 11.9 Å². The van der Waals surface area contributed by atoms with E-state index in [1.165, 1.54) is 0 Å². The Morgan fingerprint density at radius 1 is 1.30 bits per heavy atom. The van der Waals surface area contributed by atoms with Crippen molar-refractivity contribution in [1.29, 1.82) is 0 Å². The largest absolute Gasteiger partial charge is 0.353 e. The molecule has 0 radical (unpaired) electrons. The number of hydrogen-bond acceptors (Lipinski definition) is 6. The minimum atomic E-state index is -0.0516. The summed E-state index contributed by atoms with van der Waals surface area (Å²) in [5, 5.41) is 6.29. The minimum Gasteiger partial charge on any atom is -0.353 e. The molecule has 1 aliphatic carbocycles. The fourth-order valence-electron chi connectivity index (χ4n) is 3.07. The first-order valence-electron chi connectivity index (χ1n) is 8.20. The molecular weight excluding hydrogens is 310 g/mol. The van der Waals surface area contributed by atoms with Crippen molar-refractivity contribution in [2.75, 3.05) is 31.1 Å². The number of carbonyl (C=O) groups is 1. The van der Waals surface area contributed by atoms with Gasteiger partial charge in [0.15, 0.2) is 0 Å². The predicted molar refractivity (Wildman–Crippen MR) is 91.8 cm³/mol. The fourth-order valence-corrected chi connectivity index (χ4v) is 3.79. The van der Waals surface area contributed by atoms with Crippen molar-refractivity contribution in [2.24, 2.45) is 0 Å². The molecular formula is C16H21N5OS. The summed E-state index contributed by atoms with van der Waals surface area (Å²) in [6.45, 7) is 5.56. The molecule has 1 saturated carbocycles. The van der Waals surface area contributed by atoms with E-state index in [1.54, 1.807) is 17.7 Å². The molecule has 0 spiro atoms. The number of carbonyl (C=O) groups excluding carboxylic acids is 1. The maximum absolute atomic E-state index is 12.2. The molecule has 122 valence electrons. The number of fused-ring (bicyclic) bond motifs is 1. The third-order valence-electron chi connectivity index (χ3n) is 4.71. The van der Waals surface area contributed by atoms with Crippen molar-refractivity contribution >= 4 is 33.3 Å². The Kier molecular flexibility index (Phi) is 3.90. The Morgan fingerprint density at radius 3 is 2.83 bits per heavy atom. The number of anilines is 1. The molecule has 0 bridgehead atoms. The molecule has 0 unspecified atom stereocenters. The Bertz CT molecular complexity index is 705. The normalized spacial score (nSPS) is 20.7. The monoisotopic (exact) mass is 331 g/mol. The van der Waals surface area contributed by atoms with E-state index in [2.05, 4.69) is 36.5 Å². The van der Waals surface area contributed by atoms with Crippen molar-refractivity contribution in [3.63, 3.8) is 0 Å². The van der Waals surface area contributed by atoms with Gasteiger partial charge in [-0.1, -0.05) is 0 Å². The molecule has 3 heterocycles. The van der Waals surface area contributed by atoms with Crippen LogP contribution in [0, 0.1) is 0 Å². The highest BCUT2D eigenvalue weighted by Crippen LogP contribution is 2.27. The number of thiophene rings is 1. The van der Waals surface area contributed by atoms with Crippen LogP contribution in [-0.2, 0) is 4.79 Å². The summed E-state index contributed by atoms with van der Waals surface area (Å²) in [7, 11) is 0. The third-order valence-corrected chi connectivity index (χ3v) is 5.53. The molecule has 2 fully saturated rings. The average Bonchev–Trinajstić information content (AvgIpc) is 3.26. The molecule has 1 N–H and O–H groups in total. The van der Waals surface area contributed by atoms with Crippen molar-refractivity contribution in [3.8, 4) is 0 Å². The van der Waals surface area contributed by atoms with E-state index in [0.29, 0.717) is 6.04 Å². The van der Waals surface area contributed by atoms with Crippen LogP contribution in [0.2, 0.25) is 0 Å². The Hall–Kier alpha value is -1.73. The first kappa shape index (κ1) is 14.8. The topological polar surface area (TPSA) is 61.4 Å². The van der Waals surface area contributed by atoms with Crippen molar-refractivity contribution < 1.29 is 4.79 Å². The van der Waals surface area contributed by atoms with Gasteiger partial charge in [-0.2, -0.15) is 0 Å². The molecule has 0 aromatic carbocycles. The lowest BCUT2D eigenvalue weighted by atomic mass is 10.2. The van der Waals surface area contributed by atoms with Gasteiger partial charge in [0.1, 0.15) is 17.0 Å². The van der Waals surface area contributed by atoms with E-state index >= 15 is 0 Å². The second-order valence-electron chi connectivity index (χ2n) is 6.32. The van der Waals surface area contributed by atoms with Crippen molar-refractivity contribution in [3.05, 3.63) is 17.8 Å². The van der Waals surface area contributed by atoms with Crippen molar-refractivity contribution in [2.45, 2.75) is 31.8 Å². The van der Waals surface area contributed by atoms with E-state index in [0.717, 1.165) is 55.1 Å². The van der Waals surface area contributed by atoms with Crippen LogP contribution in [0.4, 0.5) is 5.82 Å². The lowest BCUT2D eigenvalue weighted by Crippen LogP contribution is -2.54. The molecule has 1 saturated heterocycles. The average molecular weight is 331 g/mol. The van der Waals surface area contributed by atoms with Gasteiger partial charge >= 0.3 is 0 Å². The van der Waals surface area contributed by atoms with Gasteiger partial charge in [0.25, 0.3) is 0 Å². The fraction of sp³-hybridized carbons (Fsp3) is 0.562. The lowest BCUT2D eigenvalue weighted by molar-refractivity contribution is -0.126. The molecule has 2 aromatic heterocycles. The van der Waals surface area contributed by atoms with E-state index in [9.17, 15) is 4.79 Å². The zero-order valence-electron chi connectivity index (χ0n) is 13.2. The van der Waals surface area contributed by atoms with Gasteiger partial charge in [-0.05, 0) is 31.2 Å². The summed E-state index contributed by atoms with van der Waals surface area (Å²) in [6.07, 6.45) is 3.92. The SMILES string of the molecule is C[C@H](C(=O)NC1CC1)N1CCN(c2ncnc3sccc23)CC1. The zero-order chi connectivity index (χ0) is 15.8. The Morgan fingerprint density at radius 2 is 2.09 bits per heavy atom. The molecule has 1 aliphatic heterocycles. The third kappa shape index (κ3) is 3.03. The van der Waals surface area contributed by atoms with Gasteiger partial charge < -0.3 is 10.2 Å². The highest BCUT2D eigenvalue weighted by Gasteiger charge is 2.30. The summed E-state index contributed by atoms with van der Waals surface area (Å²) in [5.41, 5.74) is 0. The van der Waals surface area contributed by atoms with E-state index in [4.69, 9.17) is 0 Å². The van der Waals surface area contributed by atoms with Crippen LogP contribution in [0.3, 0.4) is 0 Å². The van der Waals surface area contributed by atoms with Gasteiger partial charge in [0.2, 0.25) is 5.91 Å². The van der Waals surface area contributed by atoms with Crippen LogP contribution >= 0.6 is 11.3 Å². The van der Waals surface area contributed by atoms with Gasteiger partial charge in [0, 0.05) is 32.2 Å². The number of piperazine rings is 1. The minimum absolute atomic E-state index is 0.0516. The molecule has 23 heavy (non-hydrogen) atoms. The second-order valence-corrected chi connectivity index (χ2v) is 7.21. The van der Waals surface area contributed by atoms with Crippen LogP contribution in [0.15, 0.2) is 17.8 Å². The maximum Gasteiger partial charge on any atom is 0.237 e. The highest BCUT2D eigenvalue weighted by molar-refractivity contribution is 7.16. The van der Waals surface area contributed by atoms with Gasteiger partial charge in [-0.3, -0.25) is 9.69 Å². The smallest absolute Gasteiger partial charge is 0.237 e. The number of nitrogens with one attached hydrogen (secondary N) is 1. The second kappa shape index (κ2) is 6.05. The lowest BCUT2D eigenvalue weighted by Gasteiger charge is -2.38. The van der Waals surface area contributed by atoms with Gasteiger partial charge in [0.05, 0.1) is 11.4 Å². The Labute approximate surface area is 139 Å². The number of amides is 1. The predicted octanol–water partition coefficient (Wildman–Crippen LogP) is 1.48. The van der Waals surface area contributed by atoms with Gasteiger partial charge in [-0.25, -0.2) is 9.97 Å². The van der Waals surface area contributed by atoms with Crippen LogP contribution in [0.5, 0.6) is 0 Å². The van der Waals surface area contributed by atoms with E-state index in [1.807, 2.05) is 6.92 Å². The zero-order valence-corrected chi connectivity index (χ0v) is 14.1. The van der Waals surface area contributed by atoms with Crippen molar-refractivity contribution in [1.82, 2.24) is 20.2 Å². The highest BCUT2D eigenvalue weighted by atomic mass is 32.1. The first-order valence-corrected chi connectivity index (χ1v) is 9.08. The molecule has 7 heteroatoms. The molecule has 4 rings (SSSR count). The summed E-state index contributed by atoms with van der Waals surface area (Å²) in [6, 6.07) is 2.47. The molecule has 1 atom stereocenters. The van der Waals surface area contributed by atoms with Gasteiger partial charge in [-0.15, -0.1) is 11.3 Å². The Balaban J connectivity index is 1.40. The van der Waals surface area contributed by atoms with Crippen LogP contribution in [0.1, 0.15) is 19.8 Å². The number of nitrogens with zero attached hydrogens (tertiary/aromatic N) is 4. The summed E-state index contributed by atoms with van der Waals surface area (Å²) in [5.74, 6) is 1.19. The summed E-state index contributed by atoms with van der Waals surface area (Å²) in [4.78, 5) is 26.6. The number of aromatic nitrogens is 2. The van der Waals surface area contributed by atoms with Crippen LogP contribution < -0.4 is 10.2 Å². The van der Waals surface area contributed by atoms with E-state index < -0.39 is 0 Å². The quantitative estimate of drug-likeness (QED) is 0.919. The van der Waals surface area contributed by atoms with Crippen LogP contribution in [0.25, 0.3) is 10.2 Å². The summed E-state index contributed by atoms with van der Waals surface area (Å²) >= 11 is 1.65. The molecule has 6 nitrogen and oxygen atoms in total. The number of hydrogen-bond donors (Lipinski definition) is 1. The number of rotatable bonds is 4. The van der Waals surface area contributed by atoms with Crippen LogP contribution in [-0.4, -0.2) is 59.0 Å². The maximum atomic E-state index is 12.2. The summed E-state index contributed by atoms with van der Waals surface area (Å²) < 4.78 is 0. The molecule has 2 aliphatic rings. The first-order chi connectivity index (χ1) is 11.2. The molecule has 2 aromatic rings.